The molecule has 0 spiro atoms. The van der Waals surface area contributed by atoms with Gasteiger partial charge in [-0.15, -0.1) is 5.92 Å². The highest BCUT2D eigenvalue weighted by molar-refractivity contribution is 5.76. The Kier molecular flexibility index (Phi) is 2.82. The molecule has 0 amide bonds. The topological polar surface area (TPSA) is 38.1 Å². The van der Waals surface area contributed by atoms with Gasteiger partial charge in [-0.2, -0.15) is 4.98 Å². The Labute approximate surface area is 94.9 Å². The second kappa shape index (κ2) is 4.28. The number of oxazole rings is 1. The van der Waals surface area contributed by atoms with Gasteiger partial charge in [0.25, 0.3) is 6.01 Å². The molecule has 0 aliphatic rings. The summed E-state index contributed by atoms with van der Waals surface area (Å²) < 4.78 is 5.56. The monoisotopic (exact) mass is 214 g/mol. The molecule has 82 valence electrons. The fourth-order valence-electron chi connectivity index (χ4n) is 1.46. The second-order valence-corrected chi connectivity index (χ2v) is 3.70. The second-order valence-electron chi connectivity index (χ2n) is 3.70. The average Bonchev–Trinajstić information content (AvgIpc) is 2.61. The first-order valence-electron chi connectivity index (χ1n) is 5.22. The lowest BCUT2D eigenvalue weighted by Gasteiger charge is -1.96. The zero-order valence-electron chi connectivity index (χ0n) is 9.72. The quantitative estimate of drug-likeness (QED) is 0.781. The molecule has 0 bridgehead atoms. The van der Waals surface area contributed by atoms with Crippen LogP contribution in [0.5, 0.6) is 0 Å². The predicted molar refractivity (Wildman–Crippen MR) is 65.4 cm³/mol. The highest BCUT2D eigenvalue weighted by atomic mass is 16.4. The number of anilines is 1. The minimum Gasteiger partial charge on any atom is -0.424 e. The normalized spacial score (nSPS) is 9.94. The number of fused-ring (bicyclic) bond motifs is 1. The number of hydrogen-bond acceptors (Lipinski definition) is 3. The van der Waals surface area contributed by atoms with Crippen LogP contribution in [0.15, 0.2) is 16.5 Å². The standard InChI is InChI=1S/C13H14N2O/c1-4-5-6-14-13-15-11-7-9(2)10(3)8-12(11)16-13/h7-8H,6H2,1-3H3,(H,14,15). The molecule has 0 aliphatic heterocycles. The lowest BCUT2D eigenvalue weighted by Crippen LogP contribution is -1.97. The molecule has 1 aromatic carbocycles. The van der Waals surface area contributed by atoms with E-state index >= 15 is 0 Å². The van der Waals surface area contributed by atoms with Crippen molar-refractivity contribution in [2.45, 2.75) is 20.8 Å². The largest absolute Gasteiger partial charge is 0.424 e. The van der Waals surface area contributed by atoms with Crippen molar-refractivity contribution in [1.29, 1.82) is 0 Å². The Morgan fingerprint density at radius 2 is 2.06 bits per heavy atom. The third kappa shape index (κ3) is 2.01. The molecule has 16 heavy (non-hydrogen) atoms. The average molecular weight is 214 g/mol. The molecule has 0 unspecified atom stereocenters. The molecule has 3 nitrogen and oxygen atoms in total. The molecular weight excluding hydrogens is 200 g/mol. The summed E-state index contributed by atoms with van der Waals surface area (Å²) in [6.45, 7) is 6.49. The van der Waals surface area contributed by atoms with Crippen LogP contribution in [0.1, 0.15) is 18.1 Å². The van der Waals surface area contributed by atoms with E-state index in [2.05, 4.69) is 36.0 Å². The van der Waals surface area contributed by atoms with Gasteiger partial charge in [0.2, 0.25) is 0 Å². The molecule has 0 radical (unpaired) electrons. The van der Waals surface area contributed by atoms with Gasteiger partial charge < -0.3 is 9.73 Å². The van der Waals surface area contributed by atoms with E-state index in [0.717, 1.165) is 11.1 Å². The smallest absolute Gasteiger partial charge is 0.296 e. The lowest BCUT2D eigenvalue weighted by molar-refractivity contribution is 0.618. The minimum atomic E-state index is 0.530. The van der Waals surface area contributed by atoms with E-state index in [-0.39, 0.29) is 0 Å². The van der Waals surface area contributed by atoms with Gasteiger partial charge in [0.05, 0.1) is 6.54 Å². The van der Waals surface area contributed by atoms with Gasteiger partial charge in [0, 0.05) is 0 Å². The Hall–Kier alpha value is -1.95. The molecule has 1 aromatic heterocycles. The lowest BCUT2D eigenvalue weighted by atomic mass is 10.1. The van der Waals surface area contributed by atoms with Gasteiger partial charge in [-0.1, -0.05) is 5.92 Å². The molecule has 1 heterocycles. The van der Waals surface area contributed by atoms with Crippen LogP contribution in [0.25, 0.3) is 11.1 Å². The van der Waals surface area contributed by atoms with Crippen LogP contribution in [-0.2, 0) is 0 Å². The Morgan fingerprint density at radius 1 is 1.31 bits per heavy atom. The summed E-state index contributed by atoms with van der Waals surface area (Å²) >= 11 is 0. The van der Waals surface area contributed by atoms with Gasteiger partial charge >= 0.3 is 0 Å². The van der Waals surface area contributed by atoms with E-state index in [1.807, 2.05) is 12.1 Å². The highest BCUT2D eigenvalue weighted by Gasteiger charge is 2.06. The third-order valence-corrected chi connectivity index (χ3v) is 2.51. The number of hydrogen-bond donors (Lipinski definition) is 1. The highest BCUT2D eigenvalue weighted by Crippen LogP contribution is 2.22. The number of rotatable bonds is 2. The maximum Gasteiger partial charge on any atom is 0.296 e. The summed E-state index contributed by atoms with van der Waals surface area (Å²) in [5.41, 5.74) is 4.13. The van der Waals surface area contributed by atoms with Crippen LogP contribution in [0, 0.1) is 25.7 Å². The van der Waals surface area contributed by atoms with Crippen LogP contribution in [0.3, 0.4) is 0 Å². The fourth-order valence-corrected chi connectivity index (χ4v) is 1.46. The van der Waals surface area contributed by atoms with E-state index in [9.17, 15) is 0 Å². The third-order valence-electron chi connectivity index (χ3n) is 2.51. The van der Waals surface area contributed by atoms with Crippen molar-refractivity contribution in [3.05, 3.63) is 23.3 Å². The number of aryl methyl sites for hydroxylation is 2. The minimum absolute atomic E-state index is 0.530. The molecule has 0 aliphatic carbocycles. The zero-order chi connectivity index (χ0) is 11.5. The van der Waals surface area contributed by atoms with Crippen molar-refractivity contribution in [2.24, 2.45) is 0 Å². The molecule has 0 saturated carbocycles. The molecule has 0 saturated heterocycles. The van der Waals surface area contributed by atoms with Crippen molar-refractivity contribution < 1.29 is 4.42 Å². The summed E-state index contributed by atoms with van der Waals surface area (Å²) in [6, 6.07) is 4.57. The van der Waals surface area contributed by atoms with E-state index in [0.29, 0.717) is 12.6 Å². The van der Waals surface area contributed by atoms with E-state index in [4.69, 9.17) is 4.42 Å². The number of benzene rings is 1. The van der Waals surface area contributed by atoms with Crippen LogP contribution >= 0.6 is 0 Å². The van der Waals surface area contributed by atoms with Crippen molar-refractivity contribution in [2.75, 3.05) is 11.9 Å². The van der Waals surface area contributed by atoms with Crippen LogP contribution in [-0.4, -0.2) is 11.5 Å². The first kappa shape index (κ1) is 10.6. The van der Waals surface area contributed by atoms with E-state index in [1.54, 1.807) is 6.92 Å². The Bertz CT molecular complexity index is 534. The summed E-state index contributed by atoms with van der Waals surface area (Å²) in [7, 11) is 0. The van der Waals surface area contributed by atoms with Crippen LogP contribution in [0.2, 0.25) is 0 Å². The van der Waals surface area contributed by atoms with Gasteiger partial charge in [0.15, 0.2) is 5.58 Å². The fraction of sp³-hybridized carbons (Fsp3) is 0.308. The summed E-state index contributed by atoms with van der Waals surface area (Å²) in [5, 5.41) is 3.02. The number of aromatic nitrogens is 1. The van der Waals surface area contributed by atoms with E-state index in [1.165, 1.54) is 11.1 Å². The van der Waals surface area contributed by atoms with Gasteiger partial charge in [-0.3, -0.25) is 0 Å². The van der Waals surface area contributed by atoms with Gasteiger partial charge in [-0.05, 0) is 44.0 Å². The van der Waals surface area contributed by atoms with Crippen LogP contribution < -0.4 is 5.32 Å². The van der Waals surface area contributed by atoms with Gasteiger partial charge in [0.1, 0.15) is 5.52 Å². The molecule has 2 rings (SSSR count). The molecule has 0 fully saturated rings. The Morgan fingerprint density at radius 3 is 2.81 bits per heavy atom. The number of nitrogens with one attached hydrogen (secondary N) is 1. The maximum absolute atomic E-state index is 5.56. The predicted octanol–water partition coefficient (Wildman–Crippen LogP) is 2.88. The molecule has 3 heteroatoms. The molecule has 0 atom stereocenters. The summed E-state index contributed by atoms with van der Waals surface area (Å²) in [6.07, 6.45) is 0. The summed E-state index contributed by atoms with van der Waals surface area (Å²) in [5.74, 6) is 5.71. The van der Waals surface area contributed by atoms with Crippen molar-refractivity contribution in [3.63, 3.8) is 0 Å². The Balaban J connectivity index is 2.31. The molecule has 1 N–H and O–H groups in total. The number of nitrogens with zero attached hydrogens (tertiary/aromatic N) is 1. The van der Waals surface area contributed by atoms with Crippen molar-refractivity contribution >= 4 is 17.1 Å². The van der Waals surface area contributed by atoms with Gasteiger partial charge in [-0.25, -0.2) is 0 Å². The zero-order valence-corrected chi connectivity index (χ0v) is 9.72. The summed E-state index contributed by atoms with van der Waals surface area (Å²) in [4.78, 5) is 4.34. The molecule has 2 aromatic rings. The first-order chi connectivity index (χ1) is 7.70. The molecular formula is C13H14N2O. The van der Waals surface area contributed by atoms with Crippen molar-refractivity contribution in [3.8, 4) is 11.8 Å². The van der Waals surface area contributed by atoms with E-state index < -0.39 is 0 Å². The van der Waals surface area contributed by atoms with Crippen LogP contribution in [0.4, 0.5) is 6.01 Å². The SMILES string of the molecule is CC#CCNc1nc2cc(C)c(C)cc2o1. The first-order valence-corrected chi connectivity index (χ1v) is 5.22. The van der Waals surface area contributed by atoms with Crippen molar-refractivity contribution in [1.82, 2.24) is 4.98 Å². The maximum atomic E-state index is 5.56.